The molecule has 0 amide bonds. The van der Waals surface area contributed by atoms with Crippen LogP contribution in [-0.4, -0.2) is 74.4 Å². The summed E-state index contributed by atoms with van der Waals surface area (Å²) in [4.78, 5) is 11.8. The first kappa shape index (κ1) is 25.0. The predicted molar refractivity (Wildman–Crippen MR) is 139 cm³/mol. The Bertz CT molecular complexity index is 1250. The maximum absolute atomic E-state index is 14.9. The summed E-state index contributed by atoms with van der Waals surface area (Å²) in [6.45, 7) is 8.78. The number of ether oxygens (including phenoxy) is 1. The van der Waals surface area contributed by atoms with Crippen LogP contribution >= 0.6 is 0 Å². The lowest BCUT2D eigenvalue weighted by atomic mass is 10.1. The maximum atomic E-state index is 14.9. The van der Waals surface area contributed by atoms with Gasteiger partial charge < -0.3 is 19.5 Å². The summed E-state index contributed by atoms with van der Waals surface area (Å²) >= 11 is 0. The molecule has 1 aromatic carbocycles. The van der Waals surface area contributed by atoms with Crippen LogP contribution in [-0.2, 0) is 15.7 Å². The molecule has 2 saturated heterocycles. The molecule has 2 aliphatic rings. The van der Waals surface area contributed by atoms with Gasteiger partial charge in [0.2, 0.25) is 5.95 Å². The van der Waals surface area contributed by atoms with E-state index in [0.717, 1.165) is 66.6 Å². The standard InChI is InChI=1S/C26H33FN6O2S/c1-18-16-20(5-7-24(18)36(34)32-12-10-31(3)11-13-32)29-26-28-17-22(27)25(30-26)23-6-4-19(2)33(23)21-8-14-35-15-9-21/h4-7,16-17,21H,8-15H2,1-3H3,(H,28,29,30). The Morgan fingerprint density at radius 1 is 1.08 bits per heavy atom. The fourth-order valence-corrected chi connectivity index (χ4v) is 6.22. The Kier molecular flexibility index (Phi) is 7.47. The van der Waals surface area contributed by atoms with Crippen molar-refractivity contribution in [3.63, 3.8) is 0 Å². The maximum Gasteiger partial charge on any atom is 0.227 e. The average Bonchev–Trinajstić information content (AvgIpc) is 3.27. The number of aromatic nitrogens is 3. The van der Waals surface area contributed by atoms with Crippen LogP contribution in [0.1, 0.15) is 30.1 Å². The third kappa shape index (κ3) is 5.22. The van der Waals surface area contributed by atoms with Crippen molar-refractivity contribution >= 4 is 22.6 Å². The van der Waals surface area contributed by atoms with Crippen molar-refractivity contribution in [1.29, 1.82) is 0 Å². The molecule has 8 nitrogen and oxygen atoms in total. The van der Waals surface area contributed by atoms with E-state index in [-0.39, 0.29) is 11.7 Å². The third-order valence-electron chi connectivity index (χ3n) is 6.98. The molecule has 0 aliphatic carbocycles. The molecule has 2 aromatic heterocycles. The van der Waals surface area contributed by atoms with E-state index in [1.54, 1.807) is 0 Å². The SMILES string of the molecule is Cc1cc(Nc2ncc(F)c(-c3ccc(C)n3C3CCOCC3)n2)ccc1S(=O)N1CCN(C)CC1. The van der Waals surface area contributed by atoms with Crippen molar-refractivity contribution in [2.24, 2.45) is 0 Å². The molecule has 0 spiro atoms. The van der Waals surface area contributed by atoms with Gasteiger partial charge in [-0.15, -0.1) is 0 Å². The zero-order valence-electron chi connectivity index (χ0n) is 21.0. The molecule has 3 aromatic rings. The number of piperazine rings is 1. The molecule has 192 valence electrons. The molecular formula is C26H33FN6O2S. The number of anilines is 2. The number of rotatable bonds is 6. The number of hydrogen-bond acceptors (Lipinski definition) is 6. The first-order valence-corrected chi connectivity index (χ1v) is 13.5. The molecule has 36 heavy (non-hydrogen) atoms. The van der Waals surface area contributed by atoms with E-state index in [0.29, 0.717) is 19.2 Å². The number of aryl methyl sites for hydroxylation is 2. The Balaban J connectivity index is 1.37. The minimum absolute atomic E-state index is 0.255. The van der Waals surface area contributed by atoms with Crippen molar-refractivity contribution in [2.75, 3.05) is 51.8 Å². The van der Waals surface area contributed by atoms with Crippen molar-refractivity contribution in [2.45, 2.75) is 37.6 Å². The monoisotopic (exact) mass is 512 g/mol. The summed E-state index contributed by atoms with van der Waals surface area (Å²) in [5, 5.41) is 3.20. The molecule has 0 saturated carbocycles. The number of benzene rings is 1. The zero-order valence-corrected chi connectivity index (χ0v) is 21.9. The summed E-state index contributed by atoms with van der Waals surface area (Å²) in [6.07, 6.45) is 2.99. The van der Waals surface area contributed by atoms with Gasteiger partial charge in [0.1, 0.15) is 16.7 Å². The second-order valence-electron chi connectivity index (χ2n) is 9.55. The van der Waals surface area contributed by atoms with Gasteiger partial charge in [-0.25, -0.2) is 22.9 Å². The van der Waals surface area contributed by atoms with Gasteiger partial charge in [0.25, 0.3) is 0 Å². The minimum atomic E-state index is -1.20. The predicted octanol–water partition coefficient (Wildman–Crippen LogP) is 4.07. The lowest BCUT2D eigenvalue weighted by molar-refractivity contribution is 0.0696. The van der Waals surface area contributed by atoms with Gasteiger partial charge in [0.15, 0.2) is 5.82 Å². The van der Waals surface area contributed by atoms with Gasteiger partial charge in [-0.1, -0.05) is 0 Å². The van der Waals surface area contributed by atoms with Crippen molar-refractivity contribution in [3.8, 4) is 11.4 Å². The van der Waals surface area contributed by atoms with E-state index in [2.05, 4.69) is 31.8 Å². The van der Waals surface area contributed by atoms with Gasteiger partial charge in [-0.2, -0.15) is 0 Å². The van der Waals surface area contributed by atoms with Crippen LogP contribution in [0, 0.1) is 19.7 Å². The van der Waals surface area contributed by atoms with E-state index in [1.807, 2.05) is 48.5 Å². The van der Waals surface area contributed by atoms with E-state index >= 15 is 0 Å². The topological polar surface area (TPSA) is 75.5 Å². The van der Waals surface area contributed by atoms with Crippen LogP contribution in [0.15, 0.2) is 41.4 Å². The van der Waals surface area contributed by atoms with Gasteiger partial charge >= 0.3 is 0 Å². The number of nitrogens with zero attached hydrogens (tertiary/aromatic N) is 5. The molecule has 1 N–H and O–H groups in total. The lowest BCUT2D eigenvalue weighted by Gasteiger charge is -2.31. The summed E-state index contributed by atoms with van der Waals surface area (Å²) in [5.41, 5.74) is 3.78. The molecule has 2 fully saturated rings. The highest BCUT2D eigenvalue weighted by molar-refractivity contribution is 7.82. The second-order valence-corrected chi connectivity index (χ2v) is 11.0. The number of hydrogen-bond donors (Lipinski definition) is 1. The van der Waals surface area contributed by atoms with Crippen molar-refractivity contribution < 1.29 is 13.3 Å². The first-order valence-electron chi connectivity index (χ1n) is 12.4. The highest BCUT2D eigenvalue weighted by atomic mass is 32.2. The summed E-state index contributed by atoms with van der Waals surface area (Å²) in [7, 11) is 0.882. The Hall–Kier alpha value is -2.66. The van der Waals surface area contributed by atoms with Gasteiger partial charge in [-0.05, 0) is 69.6 Å². The van der Waals surface area contributed by atoms with Crippen LogP contribution in [0.4, 0.5) is 16.0 Å². The normalized spacial score (nSPS) is 18.9. The lowest BCUT2D eigenvalue weighted by Crippen LogP contribution is -2.45. The van der Waals surface area contributed by atoms with Gasteiger partial charge in [0.05, 0.1) is 16.8 Å². The molecule has 2 aliphatic heterocycles. The molecule has 5 rings (SSSR count). The quantitative estimate of drug-likeness (QED) is 0.537. The van der Waals surface area contributed by atoms with Crippen LogP contribution < -0.4 is 5.32 Å². The smallest absolute Gasteiger partial charge is 0.227 e. The van der Waals surface area contributed by atoms with Crippen LogP contribution in [0.5, 0.6) is 0 Å². The number of halogens is 1. The summed E-state index contributed by atoms with van der Waals surface area (Å²) in [6, 6.07) is 9.87. The molecule has 4 heterocycles. The molecule has 0 radical (unpaired) electrons. The second kappa shape index (κ2) is 10.8. The molecule has 1 unspecified atom stereocenters. The molecule has 1 atom stereocenters. The Morgan fingerprint density at radius 2 is 1.83 bits per heavy atom. The van der Waals surface area contributed by atoms with E-state index in [9.17, 15) is 8.60 Å². The van der Waals surface area contributed by atoms with Gasteiger partial charge in [-0.3, -0.25) is 0 Å². The summed E-state index contributed by atoms with van der Waals surface area (Å²) < 4.78 is 37.7. The third-order valence-corrected chi connectivity index (χ3v) is 8.65. The van der Waals surface area contributed by atoms with Crippen LogP contribution in [0.25, 0.3) is 11.4 Å². The van der Waals surface area contributed by atoms with E-state index in [4.69, 9.17) is 4.74 Å². The first-order chi connectivity index (χ1) is 17.4. The molecule has 10 heteroatoms. The fourth-order valence-electron chi connectivity index (χ4n) is 4.92. The Morgan fingerprint density at radius 3 is 2.56 bits per heavy atom. The van der Waals surface area contributed by atoms with Crippen LogP contribution in [0.3, 0.4) is 0 Å². The van der Waals surface area contributed by atoms with Crippen molar-refractivity contribution in [1.82, 2.24) is 23.7 Å². The minimum Gasteiger partial charge on any atom is -0.381 e. The largest absolute Gasteiger partial charge is 0.381 e. The average molecular weight is 513 g/mol. The summed E-state index contributed by atoms with van der Waals surface area (Å²) in [5.74, 6) is -0.141. The van der Waals surface area contributed by atoms with E-state index in [1.165, 1.54) is 6.20 Å². The molecular weight excluding hydrogens is 479 g/mol. The zero-order chi connectivity index (χ0) is 25.2. The Labute approximate surface area is 214 Å². The fraction of sp³-hybridized carbons (Fsp3) is 0.462. The number of nitrogens with one attached hydrogen (secondary N) is 1. The highest BCUT2D eigenvalue weighted by Crippen LogP contribution is 2.32. The number of likely N-dealkylation sites (N-methyl/N-ethyl adjacent to an activating group) is 1. The van der Waals surface area contributed by atoms with Crippen molar-refractivity contribution in [3.05, 3.63) is 53.6 Å². The van der Waals surface area contributed by atoms with Crippen LogP contribution in [0.2, 0.25) is 0 Å². The van der Waals surface area contributed by atoms with Gasteiger partial charge in [0, 0.05) is 56.8 Å². The van der Waals surface area contributed by atoms with E-state index < -0.39 is 16.8 Å². The highest BCUT2D eigenvalue weighted by Gasteiger charge is 2.24. The molecule has 0 bridgehead atoms.